The predicted molar refractivity (Wildman–Crippen MR) is 69.7 cm³/mol. The second-order valence-corrected chi connectivity index (χ2v) is 4.41. The van der Waals surface area contributed by atoms with Crippen LogP contribution >= 0.6 is 0 Å². The molecule has 0 unspecified atom stereocenters. The fourth-order valence-electron chi connectivity index (χ4n) is 2.27. The van der Waals surface area contributed by atoms with Gasteiger partial charge in [0.15, 0.2) is 0 Å². The van der Waals surface area contributed by atoms with E-state index >= 15 is 0 Å². The summed E-state index contributed by atoms with van der Waals surface area (Å²) in [6, 6.07) is 6.68. The van der Waals surface area contributed by atoms with Crippen LogP contribution in [0.3, 0.4) is 0 Å². The molecule has 16 heavy (non-hydrogen) atoms. The number of aryl methyl sites for hydroxylation is 2. The number of hydrogen-bond donors (Lipinski definition) is 1. The summed E-state index contributed by atoms with van der Waals surface area (Å²) in [6.07, 6.45) is 4.60. The van der Waals surface area contributed by atoms with Crippen LogP contribution in [0, 0.1) is 6.92 Å². The van der Waals surface area contributed by atoms with Crippen LogP contribution in [0.2, 0.25) is 0 Å². The predicted octanol–water partition coefficient (Wildman–Crippen LogP) is 2.86. The summed E-state index contributed by atoms with van der Waals surface area (Å²) in [5.74, 6) is 0. The van der Waals surface area contributed by atoms with Gasteiger partial charge in [0, 0.05) is 30.2 Å². The maximum atomic E-state index is 5.65. The molecule has 1 heterocycles. The number of nitrogens with zero attached hydrogens (tertiary/aromatic N) is 1. The molecule has 0 aliphatic carbocycles. The van der Waals surface area contributed by atoms with E-state index in [1.807, 2.05) is 0 Å². The molecule has 2 rings (SSSR count). The van der Waals surface area contributed by atoms with E-state index in [0.717, 1.165) is 13.0 Å². The Labute approximate surface area is 97.1 Å². The van der Waals surface area contributed by atoms with Crippen molar-refractivity contribution in [2.24, 2.45) is 5.73 Å². The molecule has 0 saturated heterocycles. The van der Waals surface area contributed by atoms with Crippen molar-refractivity contribution in [1.82, 2.24) is 4.57 Å². The Morgan fingerprint density at radius 1 is 1.31 bits per heavy atom. The van der Waals surface area contributed by atoms with Gasteiger partial charge in [0.2, 0.25) is 0 Å². The Morgan fingerprint density at radius 3 is 2.81 bits per heavy atom. The second kappa shape index (κ2) is 4.71. The van der Waals surface area contributed by atoms with Gasteiger partial charge in [0.05, 0.1) is 0 Å². The minimum absolute atomic E-state index is 0.698. The zero-order chi connectivity index (χ0) is 11.5. The molecule has 86 valence electrons. The van der Waals surface area contributed by atoms with Gasteiger partial charge in [-0.25, -0.2) is 0 Å². The molecule has 0 aliphatic heterocycles. The molecule has 2 nitrogen and oxygen atoms in total. The van der Waals surface area contributed by atoms with Crippen LogP contribution in [0.15, 0.2) is 24.4 Å². The van der Waals surface area contributed by atoms with Crippen molar-refractivity contribution in [2.45, 2.75) is 33.2 Å². The van der Waals surface area contributed by atoms with Crippen LogP contribution < -0.4 is 5.73 Å². The van der Waals surface area contributed by atoms with Crippen LogP contribution in [0.25, 0.3) is 10.9 Å². The molecule has 2 heteroatoms. The monoisotopic (exact) mass is 216 g/mol. The SMILES string of the molecule is CCCc1cn(CCN)c2cc(C)ccc12. The Morgan fingerprint density at radius 2 is 2.12 bits per heavy atom. The minimum atomic E-state index is 0.698. The Balaban J connectivity index is 2.56. The van der Waals surface area contributed by atoms with E-state index in [1.54, 1.807) is 0 Å². The third-order valence-electron chi connectivity index (χ3n) is 3.01. The lowest BCUT2D eigenvalue weighted by Gasteiger charge is -2.02. The van der Waals surface area contributed by atoms with Crippen molar-refractivity contribution in [1.29, 1.82) is 0 Å². The van der Waals surface area contributed by atoms with Crippen molar-refractivity contribution in [3.63, 3.8) is 0 Å². The maximum Gasteiger partial charge on any atom is 0.0486 e. The Bertz CT molecular complexity index is 483. The molecule has 0 amide bonds. The zero-order valence-electron chi connectivity index (χ0n) is 10.2. The molecule has 2 N–H and O–H groups in total. The molecular weight excluding hydrogens is 196 g/mol. The average Bonchev–Trinajstić information content (AvgIpc) is 2.58. The van der Waals surface area contributed by atoms with E-state index in [4.69, 9.17) is 5.73 Å². The van der Waals surface area contributed by atoms with Crippen LogP contribution in [0.1, 0.15) is 24.5 Å². The van der Waals surface area contributed by atoms with Gasteiger partial charge in [-0.2, -0.15) is 0 Å². The van der Waals surface area contributed by atoms with Crippen LogP contribution in [0.5, 0.6) is 0 Å². The van der Waals surface area contributed by atoms with Crippen molar-refractivity contribution in [3.05, 3.63) is 35.5 Å². The quantitative estimate of drug-likeness (QED) is 0.837. The van der Waals surface area contributed by atoms with Crippen LogP contribution in [0.4, 0.5) is 0 Å². The number of hydrogen-bond acceptors (Lipinski definition) is 1. The summed E-state index contributed by atoms with van der Waals surface area (Å²) in [5.41, 5.74) is 9.74. The minimum Gasteiger partial charge on any atom is -0.346 e. The summed E-state index contributed by atoms with van der Waals surface area (Å²) < 4.78 is 2.29. The molecule has 1 aromatic heterocycles. The third kappa shape index (κ3) is 1.98. The molecule has 0 spiro atoms. The van der Waals surface area contributed by atoms with E-state index in [2.05, 4.69) is 42.8 Å². The molecule has 0 fully saturated rings. The second-order valence-electron chi connectivity index (χ2n) is 4.41. The topological polar surface area (TPSA) is 30.9 Å². The summed E-state index contributed by atoms with van der Waals surface area (Å²) in [5, 5.41) is 1.39. The summed E-state index contributed by atoms with van der Waals surface area (Å²) in [4.78, 5) is 0. The highest BCUT2D eigenvalue weighted by Gasteiger charge is 2.07. The molecule has 1 aromatic carbocycles. The lowest BCUT2D eigenvalue weighted by molar-refractivity contribution is 0.730. The van der Waals surface area contributed by atoms with Crippen LogP contribution in [-0.4, -0.2) is 11.1 Å². The van der Waals surface area contributed by atoms with Gasteiger partial charge in [-0.3, -0.25) is 0 Å². The number of benzene rings is 1. The molecule has 0 atom stereocenters. The van der Waals surface area contributed by atoms with Crippen molar-refractivity contribution >= 4 is 10.9 Å². The largest absolute Gasteiger partial charge is 0.346 e. The molecular formula is C14H20N2. The van der Waals surface area contributed by atoms with Gasteiger partial charge < -0.3 is 10.3 Å². The third-order valence-corrected chi connectivity index (χ3v) is 3.01. The first-order valence-corrected chi connectivity index (χ1v) is 6.04. The van der Waals surface area contributed by atoms with E-state index in [-0.39, 0.29) is 0 Å². The van der Waals surface area contributed by atoms with Gasteiger partial charge >= 0.3 is 0 Å². The van der Waals surface area contributed by atoms with Gasteiger partial charge in [0.1, 0.15) is 0 Å². The number of fused-ring (bicyclic) bond motifs is 1. The highest BCUT2D eigenvalue weighted by Crippen LogP contribution is 2.23. The van der Waals surface area contributed by atoms with E-state index in [9.17, 15) is 0 Å². The Hall–Kier alpha value is -1.28. The maximum absolute atomic E-state index is 5.65. The number of aromatic nitrogens is 1. The van der Waals surface area contributed by atoms with Crippen molar-refractivity contribution in [3.8, 4) is 0 Å². The van der Waals surface area contributed by atoms with E-state index in [1.165, 1.54) is 28.5 Å². The smallest absolute Gasteiger partial charge is 0.0486 e. The van der Waals surface area contributed by atoms with Gasteiger partial charge in [-0.1, -0.05) is 25.5 Å². The molecule has 2 aromatic rings. The number of rotatable bonds is 4. The van der Waals surface area contributed by atoms with Crippen molar-refractivity contribution < 1.29 is 0 Å². The van der Waals surface area contributed by atoms with Gasteiger partial charge in [-0.15, -0.1) is 0 Å². The molecule has 0 radical (unpaired) electrons. The Kier molecular flexibility index (Phi) is 3.30. The summed E-state index contributed by atoms with van der Waals surface area (Å²) in [6.45, 7) is 5.96. The normalized spacial score (nSPS) is 11.2. The lowest BCUT2D eigenvalue weighted by atomic mass is 10.1. The first-order chi connectivity index (χ1) is 7.76. The number of nitrogens with two attached hydrogens (primary N) is 1. The van der Waals surface area contributed by atoms with Gasteiger partial charge in [0.25, 0.3) is 0 Å². The first kappa shape index (κ1) is 11.2. The van der Waals surface area contributed by atoms with Gasteiger partial charge in [-0.05, 0) is 30.5 Å². The lowest BCUT2D eigenvalue weighted by Crippen LogP contribution is -2.08. The zero-order valence-corrected chi connectivity index (χ0v) is 10.2. The molecule has 0 saturated carbocycles. The summed E-state index contributed by atoms with van der Waals surface area (Å²) in [7, 11) is 0. The van der Waals surface area contributed by atoms with Crippen LogP contribution in [-0.2, 0) is 13.0 Å². The summed E-state index contributed by atoms with van der Waals surface area (Å²) >= 11 is 0. The molecule has 0 aliphatic rings. The van der Waals surface area contributed by atoms with Crippen molar-refractivity contribution in [2.75, 3.05) is 6.54 Å². The highest BCUT2D eigenvalue weighted by atomic mass is 15.0. The van der Waals surface area contributed by atoms with E-state index in [0.29, 0.717) is 6.54 Å². The average molecular weight is 216 g/mol. The highest BCUT2D eigenvalue weighted by molar-refractivity contribution is 5.84. The first-order valence-electron chi connectivity index (χ1n) is 6.04. The molecule has 0 bridgehead atoms. The fourth-order valence-corrected chi connectivity index (χ4v) is 2.27. The standard InChI is InChI=1S/C14H20N2/c1-3-4-12-10-16(8-7-15)14-9-11(2)5-6-13(12)14/h5-6,9-10H,3-4,7-8,15H2,1-2H3. The van der Waals surface area contributed by atoms with E-state index < -0.39 is 0 Å². The fraction of sp³-hybridized carbons (Fsp3) is 0.429.